The molecule has 0 aromatic heterocycles. The summed E-state index contributed by atoms with van der Waals surface area (Å²) in [6, 6.07) is -0.112. The maximum Gasteiger partial charge on any atom is 0.389 e. The molecule has 0 radical (unpaired) electrons. The Hall–Kier alpha value is -0.780. The first kappa shape index (κ1) is 14.3. The van der Waals surface area contributed by atoms with Crippen molar-refractivity contribution in [3.8, 4) is 0 Å². The molecule has 0 aromatic rings. The molecule has 1 fully saturated rings. The van der Waals surface area contributed by atoms with Crippen LogP contribution in [0, 0.1) is 5.92 Å². The van der Waals surface area contributed by atoms with Crippen molar-refractivity contribution in [2.75, 3.05) is 0 Å². The van der Waals surface area contributed by atoms with E-state index in [4.69, 9.17) is 5.11 Å². The fourth-order valence-corrected chi connectivity index (χ4v) is 2.05. The molecule has 1 atom stereocenters. The summed E-state index contributed by atoms with van der Waals surface area (Å²) < 4.78 is 35.7. The molecule has 100 valence electrons. The lowest BCUT2D eigenvalue weighted by Crippen LogP contribution is -2.46. The minimum absolute atomic E-state index is 0.112. The number of carbonyl (C=O) groups excluding carboxylic acids is 1. The van der Waals surface area contributed by atoms with Gasteiger partial charge < -0.3 is 10.4 Å². The van der Waals surface area contributed by atoms with Crippen LogP contribution in [0.4, 0.5) is 13.2 Å². The van der Waals surface area contributed by atoms with E-state index in [0.717, 1.165) is 0 Å². The van der Waals surface area contributed by atoms with Crippen LogP contribution in [0.25, 0.3) is 0 Å². The van der Waals surface area contributed by atoms with E-state index < -0.39 is 24.9 Å². The number of halogens is 3. The molecule has 0 saturated heterocycles. The van der Waals surface area contributed by atoms with Gasteiger partial charge >= 0.3 is 6.18 Å². The fraction of sp³-hybridized carbons (Fsp3) is 0.909. The number of carbonyl (C=O) groups is 1. The molecule has 1 aliphatic rings. The smallest absolute Gasteiger partial charge is 0.389 e. The average molecular weight is 253 g/mol. The Kier molecular flexibility index (Phi) is 4.80. The van der Waals surface area contributed by atoms with Crippen LogP contribution in [-0.4, -0.2) is 29.3 Å². The summed E-state index contributed by atoms with van der Waals surface area (Å²) >= 11 is 0. The molecular formula is C11H18F3NO2. The maximum atomic E-state index is 11.9. The molecule has 0 aliphatic heterocycles. The van der Waals surface area contributed by atoms with Crippen molar-refractivity contribution >= 4 is 5.91 Å². The van der Waals surface area contributed by atoms with Gasteiger partial charge in [-0.05, 0) is 25.2 Å². The van der Waals surface area contributed by atoms with Gasteiger partial charge in [0.1, 0.15) is 0 Å². The van der Waals surface area contributed by atoms with E-state index in [9.17, 15) is 18.0 Å². The molecule has 6 heteroatoms. The molecule has 0 spiro atoms. The molecule has 1 saturated carbocycles. The van der Waals surface area contributed by atoms with E-state index in [1.54, 1.807) is 0 Å². The van der Waals surface area contributed by atoms with Crippen LogP contribution in [-0.2, 0) is 4.79 Å². The van der Waals surface area contributed by atoms with Gasteiger partial charge in [-0.25, -0.2) is 0 Å². The highest BCUT2D eigenvalue weighted by Crippen LogP contribution is 2.31. The number of nitrogens with one attached hydrogen (secondary N) is 1. The average Bonchev–Trinajstić information content (AvgIpc) is 2.18. The summed E-state index contributed by atoms with van der Waals surface area (Å²) in [5, 5.41) is 11.8. The van der Waals surface area contributed by atoms with Crippen LogP contribution in [0.1, 0.15) is 39.0 Å². The van der Waals surface area contributed by atoms with Crippen LogP contribution in [0.15, 0.2) is 0 Å². The summed E-state index contributed by atoms with van der Waals surface area (Å²) in [6.07, 6.45) is -4.28. The summed E-state index contributed by atoms with van der Waals surface area (Å²) in [5.74, 6) is -0.361. The SMILES string of the molecule is CC[C@@H](NC(=O)CCC(F)(F)F)C1CC(O)C1. The van der Waals surface area contributed by atoms with Crippen molar-refractivity contribution in [3.05, 3.63) is 0 Å². The third-order valence-corrected chi connectivity index (χ3v) is 3.14. The second-order valence-electron chi connectivity index (χ2n) is 4.58. The summed E-state index contributed by atoms with van der Waals surface area (Å²) in [4.78, 5) is 11.3. The van der Waals surface area contributed by atoms with Gasteiger partial charge in [0.2, 0.25) is 5.91 Å². The molecule has 1 amide bonds. The Labute approximate surface area is 98.4 Å². The number of hydrogen-bond acceptors (Lipinski definition) is 2. The number of aliphatic hydroxyl groups is 1. The second kappa shape index (κ2) is 5.71. The Bertz CT molecular complexity index is 262. The second-order valence-corrected chi connectivity index (χ2v) is 4.58. The molecule has 0 aromatic carbocycles. The van der Waals surface area contributed by atoms with Crippen molar-refractivity contribution < 1.29 is 23.1 Å². The predicted molar refractivity (Wildman–Crippen MR) is 56.2 cm³/mol. The molecule has 0 heterocycles. The lowest BCUT2D eigenvalue weighted by atomic mass is 9.76. The molecule has 0 unspecified atom stereocenters. The quantitative estimate of drug-likeness (QED) is 0.787. The number of aliphatic hydroxyl groups excluding tert-OH is 1. The summed E-state index contributed by atoms with van der Waals surface area (Å²) in [6.45, 7) is 1.87. The minimum Gasteiger partial charge on any atom is -0.393 e. The monoisotopic (exact) mass is 253 g/mol. The van der Waals surface area contributed by atoms with Crippen molar-refractivity contribution in [3.63, 3.8) is 0 Å². The first-order valence-electron chi connectivity index (χ1n) is 5.86. The highest BCUT2D eigenvalue weighted by Gasteiger charge is 2.34. The number of amides is 1. The maximum absolute atomic E-state index is 11.9. The predicted octanol–water partition coefficient (Wildman–Crippen LogP) is 1.99. The highest BCUT2D eigenvalue weighted by molar-refractivity contribution is 5.76. The standard InChI is InChI=1S/C11H18F3NO2/c1-2-9(7-5-8(16)6-7)15-10(17)3-4-11(12,13)14/h7-9,16H,2-6H2,1H3,(H,15,17)/t7?,8?,9-/m1/s1. The van der Waals surface area contributed by atoms with Gasteiger partial charge in [0.25, 0.3) is 0 Å². The summed E-state index contributed by atoms with van der Waals surface area (Å²) in [7, 11) is 0. The Morgan fingerprint density at radius 2 is 2.06 bits per heavy atom. The van der Waals surface area contributed by atoms with Gasteiger partial charge in [0, 0.05) is 12.5 Å². The summed E-state index contributed by atoms with van der Waals surface area (Å²) in [5.41, 5.74) is 0. The highest BCUT2D eigenvalue weighted by atomic mass is 19.4. The molecule has 0 bridgehead atoms. The van der Waals surface area contributed by atoms with Crippen LogP contribution in [0.3, 0.4) is 0 Å². The molecule has 2 N–H and O–H groups in total. The molecule has 3 nitrogen and oxygen atoms in total. The number of rotatable bonds is 5. The lowest BCUT2D eigenvalue weighted by molar-refractivity contribution is -0.144. The third kappa shape index (κ3) is 4.93. The Balaban J connectivity index is 2.28. The Morgan fingerprint density at radius 1 is 1.47 bits per heavy atom. The first-order chi connectivity index (χ1) is 7.81. The van der Waals surface area contributed by atoms with Gasteiger partial charge in [0.05, 0.1) is 12.5 Å². The molecular weight excluding hydrogens is 235 g/mol. The van der Waals surface area contributed by atoms with Crippen molar-refractivity contribution in [1.29, 1.82) is 0 Å². The lowest BCUT2D eigenvalue weighted by Gasteiger charge is -2.37. The zero-order valence-electron chi connectivity index (χ0n) is 9.76. The fourth-order valence-electron chi connectivity index (χ4n) is 2.05. The zero-order valence-corrected chi connectivity index (χ0v) is 9.76. The van der Waals surface area contributed by atoms with E-state index in [1.807, 2.05) is 6.92 Å². The van der Waals surface area contributed by atoms with E-state index in [2.05, 4.69) is 5.32 Å². The van der Waals surface area contributed by atoms with E-state index in [1.165, 1.54) is 0 Å². The van der Waals surface area contributed by atoms with E-state index in [-0.39, 0.29) is 18.1 Å². The van der Waals surface area contributed by atoms with Gasteiger partial charge in [-0.1, -0.05) is 6.92 Å². The van der Waals surface area contributed by atoms with E-state index >= 15 is 0 Å². The van der Waals surface area contributed by atoms with Gasteiger partial charge in [-0.3, -0.25) is 4.79 Å². The Morgan fingerprint density at radius 3 is 2.47 bits per heavy atom. The number of hydrogen-bond donors (Lipinski definition) is 2. The van der Waals surface area contributed by atoms with Gasteiger partial charge in [-0.2, -0.15) is 13.2 Å². The number of alkyl halides is 3. The first-order valence-corrected chi connectivity index (χ1v) is 5.86. The van der Waals surface area contributed by atoms with Crippen LogP contribution >= 0.6 is 0 Å². The van der Waals surface area contributed by atoms with E-state index in [0.29, 0.717) is 19.3 Å². The zero-order chi connectivity index (χ0) is 13.1. The van der Waals surface area contributed by atoms with Crippen molar-refractivity contribution in [1.82, 2.24) is 5.32 Å². The molecule has 17 heavy (non-hydrogen) atoms. The van der Waals surface area contributed by atoms with Crippen LogP contribution < -0.4 is 5.32 Å². The minimum atomic E-state index is -4.29. The normalized spacial score (nSPS) is 26.2. The van der Waals surface area contributed by atoms with Crippen LogP contribution in [0.5, 0.6) is 0 Å². The third-order valence-electron chi connectivity index (χ3n) is 3.14. The van der Waals surface area contributed by atoms with Crippen molar-refractivity contribution in [2.24, 2.45) is 5.92 Å². The molecule has 1 aliphatic carbocycles. The van der Waals surface area contributed by atoms with Gasteiger partial charge in [0.15, 0.2) is 0 Å². The topological polar surface area (TPSA) is 49.3 Å². The van der Waals surface area contributed by atoms with Crippen molar-refractivity contribution in [2.45, 2.75) is 57.3 Å². The largest absolute Gasteiger partial charge is 0.393 e. The van der Waals surface area contributed by atoms with Gasteiger partial charge in [-0.15, -0.1) is 0 Å². The van der Waals surface area contributed by atoms with Crippen LogP contribution in [0.2, 0.25) is 0 Å². The molecule has 1 rings (SSSR count).